The van der Waals surface area contributed by atoms with Crippen molar-refractivity contribution in [1.82, 2.24) is 59.4 Å². The Morgan fingerprint density at radius 2 is 1.44 bits per heavy atom. The molecule has 0 aliphatic carbocycles. The van der Waals surface area contributed by atoms with E-state index in [1.54, 1.807) is 11.0 Å². The Kier molecular flexibility index (Phi) is 11.8. The molecule has 2 N–H and O–H groups in total. The molecule has 0 saturated carbocycles. The van der Waals surface area contributed by atoms with Crippen molar-refractivity contribution in [3.05, 3.63) is 131 Å². The Labute approximate surface area is 395 Å². The molecule has 0 bridgehead atoms. The first-order chi connectivity index (χ1) is 32.8. The van der Waals surface area contributed by atoms with Crippen molar-refractivity contribution < 1.29 is 14.4 Å². The first kappa shape index (κ1) is 44.4. The van der Waals surface area contributed by atoms with Crippen molar-refractivity contribution in [3.8, 4) is 11.1 Å². The maximum atomic E-state index is 14.1. The lowest BCUT2D eigenvalue weighted by Gasteiger charge is -2.50. The van der Waals surface area contributed by atoms with Crippen molar-refractivity contribution in [2.45, 2.75) is 46.2 Å². The zero-order valence-corrected chi connectivity index (χ0v) is 39.6. The van der Waals surface area contributed by atoms with Gasteiger partial charge >= 0.3 is 0 Å². The second-order valence-corrected chi connectivity index (χ2v) is 19.2. The molecule has 3 aliphatic rings. The molecule has 2 fully saturated rings. The number of aryl methyl sites for hydroxylation is 3. The minimum Gasteiger partial charge on any atom is -0.353 e. The van der Waals surface area contributed by atoms with Crippen LogP contribution in [0.2, 0.25) is 0 Å². The zero-order chi connectivity index (χ0) is 47.3. The van der Waals surface area contributed by atoms with Gasteiger partial charge in [0.05, 0.1) is 23.4 Å². The number of carbonyl (C=O) groups excluding carboxylic acids is 3. The summed E-state index contributed by atoms with van der Waals surface area (Å²) < 4.78 is 5.48. The minimum absolute atomic E-state index is 0.00874. The standard InChI is InChI=1S/C51H58N14O3/c1-7-45(66)61-23-37(38-17-43-47(54-32-56-64(43)27-38)62-25-42(26-62)49(67)52-19-35-12-8-33(2)9-13-35)16-40(24-61)46-57-48(44-18-39(28-65(44)58-46)41-21-55-60(6)22-41)63-30-51(31-63,29-59(4)5)50(68)53-20-36-14-10-34(3)11-15-36/h8-18,21-22,27-28,32,40,42H,7,19-20,23-26,29-31H2,1-6H3,(H,52,67)(H,53,68). The van der Waals surface area contributed by atoms with Crippen LogP contribution in [0, 0.1) is 25.2 Å². The third kappa shape index (κ3) is 8.80. The molecule has 3 aliphatic heterocycles. The summed E-state index contributed by atoms with van der Waals surface area (Å²) in [5, 5.41) is 20.5. The first-order valence-corrected chi connectivity index (χ1v) is 23.3. The van der Waals surface area contributed by atoms with Gasteiger partial charge in [0, 0.05) is 102 Å². The second-order valence-electron chi connectivity index (χ2n) is 19.2. The fraction of sp³-hybridized carbons (Fsp3) is 0.373. The second kappa shape index (κ2) is 18.0. The molecule has 7 aromatic rings. The molecule has 17 heteroatoms. The van der Waals surface area contributed by atoms with E-state index in [0.717, 1.165) is 56.1 Å². The van der Waals surface area contributed by atoms with E-state index in [1.165, 1.54) is 11.1 Å². The summed E-state index contributed by atoms with van der Waals surface area (Å²) in [6.45, 7) is 10.3. The topological polar surface area (TPSA) is 166 Å². The van der Waals surface area contributed by atoms with Crippen LogP contribution in [-0.2, 0) is 34.5 Å². The fourth-order valence-electron chi connectivity index (χ4n) is 9.75. The largest absolute Gasteiger partial charge is 0.353 e. The molecule has 17 nitrogen and oxygen atoms in total. The van der Waals surface area contributed by atoms with E-state index in [9.17, 15) is 14.4 Å². The Morgan fingerprint density at radius 1 is 0.779 bits per heavy atom. The predicted molar refractivity (Wildman–Crippen MR) is 261 cm³/mol. The average molecular weight is 915 g/mol. The molecule has 1 atom stereocenters. The fourth-order valence-corrected chi connectivity index (χ4v) is 9.75. The van der Waals surface area contributed by atoms with E-state index in [2.05, 4.69) is 102 Å². The van der Waals surface area contributed by atoms with Crippen LogP contribution in [-0.4, -0.2) is 126 Å². The van der Waals surface area contributed by atoms with Gasteiger partial charge in [-0.3, -0.25) is 19.1 Å². The zero-order valence-electron chi connectivity index (χ0n) is 39.6. The van der Waals surface area contributed by atoms with Gasteiger partial charge in [-0.15, -0.1) is 0 Å². The van der Waals surface area contributed by atoms with Crippen LogP contribution >= 0.6 is 0 Å². The van der Waals surface area contributed by atoms with E-state index in [-0.39, 0.29) is 29.6 Å². The summed E-state index contributed by atoms with van der Waals surface area (Å²) in [7, 11) is 5.89. The molecular weight excluding hydrogens is 857 g/mol. The molecule has 1 unspecified atom stereocenters. The number of fused-ring (bicyclic) bond motifs is 2. The molecule has 2 aromatic carbocycles. The van der Waals surface area contributed by atoms with Gasteiger partial charge in [-0.1, -0.05) is 72.7 Å². The Balaban J connectivity index is 0.943. The first-order valence-electron chi connectivity index (χ1n) is 23.3. The smallest absolute Gasteiger partial charge is 0.231 e. The Bertz CT molecular complexity index is 3050. The third-order valence-electron chi connectivity index (χ3n) is 13.5. The van der Waals surface area contributed by atoms with Gasteiger partial charge in [0.15, 0.2) is 17.5 Å². The molecule has 3 amide bonds. The van der Waals surface area contributed by atoms with Gasteiger partial charge in [-0.2, -0.15) is 15.3 Å². The van der Waals surface area contributed by atoms with E-state index in [0.29, 0.717) is 71.1 Å². The van der Waals surface area contributed by atoms with Gasteiger partial charge in [0.1, 0.15) is 17.4 Å². The minimum atomic E-state index is -0.665. The maximum absolute atomic E-state index is 14.1. The molecule has 10 rings (SSSR count). The number of nitrogens with one attached hydrogen (secondary N) is 2. The number of nitrogens with zero attached hydrogens (tertiary/aromatic N) is 12. The molecule has 68 heavy (non-hydrogen) atoms. The Morgan fingerprint density at radius 3 is 2.10 bits per heavy atom. The normalized spacial score (nSPS) is 17.1. The van der Waals surface area contributed by atoms with Gasteiger partial charge < -0.3 is 30.2 Å². The summed E-state index contributed by atoms with van der Waals surface area (Å²) in [4.78, 5) is 59.2. The summed E-state index contributed by atoms with van der Waals surface area (Å²) in [6.07, 6.45) is 11.9. The summed E-state index contributed by atoms with van der Waals surface area (Å²) in [6, 6.07) is 20.6. The van der Waals surface area contributed by atoms with Crippen molar-refractivity contribution in [1.29, 1.82) is 0 Å². The number of carbonyl (C=O) groups is 3. The van der Waals surface area contributed by atoms with Crippen molar-refractivity contribution in [3.63, 3.8) is 0 Å². The number of aromatic nitrogens is 8. The Hall–Kier alpha value is -7.40. The third-order valence-corrected chi connectivity index (χ3v) is 13.5. The van der Waals surface area contributed by atoms with E-state index in [4.69, 9.17) is 10.1 Å². The van der Waals surface area contributed by atoms with Crippen molar-refractivity contribution in [2.75, 3.05) is 69.7 Å². The van der Waals surface area contributed by atoms with Crippen LogP contribution in [0.5, 0.6) is 0 Å². The van der Waals surface area contributed by atoms with Gasteiger partial charge in [-0.05, 0) is 62.3 Å². The lowest BCUT2D eigenvalue weighted by atomic mass is 9.78. The van der Waals surface area contributed by atoms with E-state index < -0.39 is 5.41 Å². The van der Waals surface area contributed by atoms with Crippen LogP contribution in [0.15, 0.2) is 97.9 Å². The highest BCUT2D eigenvalue weighted by Gasteiger charge is 2.50. The van der Waals surface area contributed by atoms with Crippen LogP contribution in [0.1, 0.15) is 52.9 Å². The van der Waals surface area contributed by atoms with E-state index in [1.807, 2.05) is 85.8 Å². The van der Waals surface area contributed by atoms with Crippen molar-refractivity contribution >= 4 is 46.0 Å². The number of amides is 3. The molecule has 5 aromatic heterocycles. The highest BCUT2D eigenvalue weighted by atomic mass is 16.2. The summed E-state index contributed by atoms with van der Waals surface area (Å²) in [5.41, 5.74) is 9.19. The van der Waals surface area contributed by atoms with Gasteiger partial charge in [-0.25, -0.2) is 19.0 Å². The van der Waals surface area contributed by atoms with Crippen LogP contribution < -0.4 is 20.4 Å². The van der Waals surface area contributed by atoms with Crippen LogP contribution in [0.3, 0.4) is 0 Å². The molecule has 8 heterocycles. The summed E-state index contributed by atoms with van der Waals surface area (Å²) in [5.74, 6) is 1.62. The molecular formula is C51H58N14O3. The maximum Gasteiger partial charge on any atom is 0.231 e. The van der Waals surface area contributed by atoms with Gasteiger partial charge in [0.25, 0.3) is 0 Å². The van der Waals surface area contributed by atoms with Gasteiger partial charge in [0.2, 0.25) is 17.7 Å². The number of hydrogen-bond donors (Lipinski definition) is 2. The van der Waals surface area contributed by atoms with Crippen molar-refractivity contribution in [2.24, 2.45) is 18.4 Å². The average Bonchev–Trinajstić information content (AvgIpc) is 4.07. The summed E-state index contributed by atoms with van der Waals surface area (Å²) >= 11 is 0. The monoisotopic (exact) mass is 914 g/mol. The molecule has 2 saturated heterocycles. The van der Waals surface area contributed by atoms with Crippen LogP contribution in [0.4, 0.5) is 11.6 Å². The molecule has 0 spiro atoms. The highest BCUT2D eigenvalue weighted by molar-refractivity contribution is 5.89. The molecule has 0 radical (unpaired) electrons. The number of rotatable bonds is 14. The molecule has 350 valence electrons. The lowest BCUT2D eigenvalue weighted by molar-refractivity contribution is -0.134. The van der Waals surface area contributed by atoms with Crippen LogP contribution in [0.25, 0.3) is 27.7 Å². The highest BCUT2D eigenvalue weighted by Crippen LogP contribution is 2.40. The van der Waals surface area contributed by atoms with E-state index >= 15 is 0 Å². The number of benzene rings is 2. The SMILES string of the molecule is CCC(=O)N1CC(c2cc3c(N4CC(C(=O)NCc5ccc(C)cc5)C4)ncnn3c2)=CC(c2nc(N3CC(CN(C)C)(C(=O)NCc4ccc(C)cc4)C3)c3cc(-c4cnn(C)c4)cn3n2)C1. The quantitative estimate of drug-likeness (QED) is 0.156. The lowest BCUT2D eigenvalue weighted by Crippen LogP contribution is -2.67. The number of hydrogen-bond acceptors (Lipinski definition) is 11. The number of anilines is 2. The predicted octanol–water partition coefficient (Wildman–Crippen LogP) is 4.65.